The van der Waals surface area contributed by atoms with Crippen LogP contribution in [0.2, 0.25) is 0 Å². The molecule has 0 saturated carbocycles. The van der Waals surface area contributed by atoms with Crippen molar-refractivity contribution in [2.75, 3.05) is 13.2 Å². The van der Waals surface area contributed by atoms with Crippen LogP contribution in [0.25, 0.3) is 0 Å². The predicted octanol–water partition coefficient (Wildman–Crippen LogP) is -0.709. The molecule has 0 aliphatic carbocycles. The third-order valence-electron chi connectivity index (χ3n) is 1.78. The first kappa shape index (κ1) is 11.2. The standard InChI is InChI=1S/C9H11N3O3/c1-12-3-2-8(11-9(12)14)15-6-7(4-10)5-13/h2-3,7,13H,5-6H2,1H3. The molecule has 6 heteroatoms. The van der Waals surface area contributed by atoms with E-state index in [-0.39, 0.29) is 19.1 Å². The maximum absolute atomic E-state index is 11.1. The largest absolute Gasteiger partial charge is 0.476 e. The second kappa shape index (κ2) is 5.12. The molecule has 1 N–H and O–H groups in total. The lowest BCUT2D eigenvalue weighted by atomic mass is 10.2. The molecule has 0 saturated heterocycles. The molecule has 0 aliphatic heterocycles. The van der Waals surface area contributed by atoms with Gasteiger partial charge in [0.1, 0.15) is 12.5 Å². The number of hydrogen-bond acceptors (Lipinski definition) is 5. The Labute approximate surface area is 86.4 Å². The lowest BCUT2D eigenvalue weighted by Crippen LogP contribution is -2.21. The van der Waals surface area contributed by atoms with Crippen molar-refractivity contribution in [3.8, 4) is 11.9 Å². The summed E-state index contributed by atoms with van der Waals surface area (Å²) < 4.78 is 6.39. The molecule has 1 rings (SSSR count). The van der Waals surface area contributed by atoms with E-state index in [1.54, 1.807) is 7.05 Å². The molecule has 0 amide bonds. The first-order valence-corrected chi connectivity index (χ1v) is 4.34. The van der Waals surface area contributed by atoms with E-state index in [1.807, 2.05) is 6.07 Å². The van der Waals surface area contributed by atoms with Gasteiger partial charge >= 0.3 is 5.69 Å². The first-order chi connectivity index (χ1) is 7.17. The van der Waals surface area contributed by atoms with Crippen LogP contribution in [-0.2, 0) is 7.05 Å². The van der Waals surface area contributed by atoms with Crippen LogP contribution in [0.1, 0.15) is 0 Å². The second-order valence-electron chi connectivity index (χ2n) is 2.98. The van der Waals surface area contributed by atoms with Crippen LogP contribution in [0.4, 0.5) is 0 Å². The number of nitrogens with zero attached hydrogens (tertiary/aromatic N) is 3. The Bertz CT molecular complexity index is 421. The third-order valence-corrected chi connectivity index (χ3v) is 1.78. The van der Waals surface area contributed by atoms with E-state index in [0.717, 1.165) is 0 Å². The topological polar surface area (TPSA) is 88.1 Å². The highest BCUT2D eigenvalue weighted by molar-refractivity contribution is 5.05. The maximum atomic E-state index is 11.1. The smallest absolute Gasteiger partial charge is 0.350 e. The molecule has 1 aromatic rings. The zero-order chi connectivity index (χ0) is 11.3. The van der Waals surface area contributed by atoms with Crippen LogP contribution in [0, 0.1) is 17.2 Å². The number of aliphatic hydroxyl groups is 1. The molecule has 6 nitrogen and oxygen atoms in total. The van der Waals surface area contributed by atoms with E-state index in [9.17, 15) is 4.79 Å². The monoisotopic (exact) mass is 209 g/mol. The van der Waals surface area contributed by atoms with Gasteiger partial charge in [0.15, 0.2) is 0 Å². The number of hydrogen-bond donors (Lipinski definition) is 1. The fourth-order valence-electron chi connectivity index (χ4n) is 0.847. The Morgan fingerprint density at radius 1 is 1.80 bits per heavy atom. The molecular formula is C9H11N3O3. The van der Waals surface area contributed by atoms with E-state index in [1.165, 1.54) is 16.8 Å². The average molecular weight is 209 g/mol. The summed E-state index contributed by atoms with van der Waals surface area (Å²) in [6.45, 7) is -0.255. The Morgan fingerprint density at radius 2 is 2.53 bits per heavy atom. The van der Waals surface area contributed by atoms with Gasteiger partial charge in [-0.15, -0.1) is 0 Å². The van der Waals surface area contributed by atoms with Gasteiger partial charge in [0, 0.05) is 19.3 Å². The summed E-state index contributed by atoms with van der Waals surface area (Å²) in [5, 5.41) is 17.2. The summed E-state index contributed by atoms with van der Waals surface area (Å²) in [6, 6.07) is 3.38. The second-order valence-corrected chi connectivity index (χ2v) is 2.98. The molecule has 0 radical (unpaired) electrons. The van der Waals surface area contributed by atoms with Gasteiger partial charge in [-0.1, -0.05) is 0 Å². The highest BCUT2D eigenvalue weighted by Crippen LogP contribution is 2.03. The molecule has 0 fully saturated rings. The van der Waals surface area contributed by atoms with Gasteiger partial charge in [0.25, 0.3) is 0 Å². The van der Waals surface area contributed by atoms with Gasteiger partial charge in [-0.05, 0) is 0 Å². The number of nitriles is 1. The molecule has 1 unspecified atom stereocenters. The molecule has 1 heterocycles. The van der Waals surface area contributed by atoms with Crippen molar-refractivity contribution in [1.82, 2.24) is 9.55 Å². The van der Waals surface area contributed by atoms with Crippen LogP contribution in [0.5, 0.6) is 5.88 Å². The number of aliphatic hydroxyl groups excluding tert-OH is 1. The van der Waals surface area contributed by atoms with E-state index in [4.69, 9.17) is 15.1 Å². The SMILES string of the molecule is Cn1ccc(OCC(C#N)CO)nc1=O. The van der Waals surface area contributed by atoms with Crippen LogP contribution < -0.4 is 10.4 Å². The quantitative estimate of drug-likeness (QED) is 0.707. The summed E-state index contributed by atoms with van der Waals surface area (Å²) >= 11 is 0. The molecular weight excluding hydrogens is 198 g/mol. The Morgan fingerprint density at radius 3 is 3.07 bits per heavy atom. The summed E-state index contributed by atoms with van der Waals surface area (Å²) in [5.74, 6) is -0.442. The zero-order valence-electron chi connectivity index (χ0n) is 8.25. The number of aromatic nitrogens is 2. The molecule has 0 aliphatic rings. The van der Waals surface area contributed by atoms with E-state index < -0.39 is 11.6 Å². The lowest BCUT2D eigenvalue weighted by molar-refractivity contribution is 0.190. The fraction of sp³-hybridized carbons (Fsp3) is 0.444. The molecule has 0 bridgehead atoms. The van der Waals surface area contributed by atoms with E-state index >= 15 is 0 Å². The van der Waals surface area contributed by atoms with Crippen LogP contribution in [0.15, 0.2) is 17.1 Å². The average Bonchev–Trinajstić information content (AvgIpc) is 2.24. The number of rotatable bonds is 4. The molecule has 80 valence electrons. The van der Waals surface area contributed by atoms with Gasteiger partial charge in [0.2, 0.25) is 5.88 Å². The first-order valence-electron chi connectivity index (χ1n) is 4.34. The highest BCUT2D eigenvalue weighted by atomic mass is 16.5. The summed E-state index contributed by atoms with van der Waals surface area (Å²) in [7, 11) is 1.57. The van der Waals surface area contributed by atoms with Crippen molar-refractivity contribution in [1.29, 1.82) is 5.26 Å². The minimum atomic E-state index is -0.601. The Balaban J connectivity index is 2.63. The van der Waals surface area contributed by atoms with Crippen molar-refractivity contribution in [3.05, 3.63) is 22.7 Å². The van der Waals surface area contributed by atoms with Crippen molar-refractivity contribution in [2.24, 2.45) is 13.0 Å². The van der Waals surface area contributed by atoms with Crippen molar-refractivity contribution < 1.29 is 9.84 Å². The molecule has 1 aromatic heterocycles. The minimum absolute atomic E-state index is 0.0210. The van der Waals surface area contributed by atoms with Crippen LogP contribution in [-0.4, -0.2) is 27.9 Å². The Hall–Kier alpha value is -1.87. The third kappa shape index (κ3) is 3.07. The zero-order valence-corrected chi connectivity index (χ0v) is 8.25. The summed E-state index contributed by atoms with van der Waals surface area (Å²) in [6.07, 6.45) is 1.52. The van der Waals surface area contributed by atoms with Gasteiger partial charge in [-0.2, -0.15) is 10.2 Å². The van der Waals surface area contributed by atoms with E-state index in [0.29, 0.717) is 0 Å². The van der Waals surface area contributed by atoms with Crippen molar-refractivity contribution in [3.63, 3.8) is 0 Å². The molecule has 0 spiro atoms. The van der Waals surface area contributed by atoms with Gasteiger partial charge < -0.3 is 14.4 Å². The van der Waals surface area contributed by atoms with Crippen LogP contribution in [0.3, 0.4) is 0 Å². The van der Waals surface area contributed by atoms with Gasteiger partial charge in [0.05, 0.1) is 12.7 Å². The van der Waals surface area contributed by atoms with Gasteiger partial charge in [-0.25, -0.2) is 4.79 Å². The fourth-order valence-corrected chi connectivity index (χ4v) is 0.847. The molecule has 0 aromatic carbocycles. The van der Waals surface area contributed by atoms with Crippen molar-refractivity contribution in [2.45, 2.75) is 0 Å². The number of aryl methyl sites for hydroxylation is 1. The molecule has 15 heavy (non-hydrogen) atoms. The van der Waals surface area contributed by atoms with E-state index in [2.05, 4.69) is 4.98 Å². The van der Waals surface area contributed by atoms with Gasteiger partial charge in [-0.3, -0.25) is 0 Å². The predicted molar refractivity (Wildman–Crippen MR) is 51.2 cm³/mol. The lowest BCUT2D eigenvalue weighted by Gasteiger charge is -2.07. The highest BCUT2D eigenvalue weighted by Gasteiger charge is 2.07. The van der Waals surface area contributed by atoms with Crippen molar-refractivity contribution >= 4 is 0 Å². The maximum Gasteiger partial charge on any atom is 0.350 e. The molecule has 1 atom stereocenters. The summed E-state index contributed by atoms with van der Waals surface area (Å²) in [4.78, 5) is 14.7. The number of ether oxygens (including phenoxy) is 1. The summed E-state index contributed by atoms with van der Waals surface area (Å²) in [5.41, 5.74) is -0.426. The normalized spacial score (nSPS) is 11.8. The van der Waals surface area contributed by atoms with Crippen LogP contribution >= 0.6 is 0 Å². The minimum Gasteiger partial charge on any atom is -0.476 e. The Kier molecular flexibility index (Phi) is 3.83.